The number of rotatable bonds is 3. The average molecular weight is 334 g/mol. The molecule has 0 unspecified atom stereocenters. The Morgan fingerprint density at radius 2 is 2.04 bits per heavy atom. The number of carbonyl (C=O) groups is 1. The van der Waals surface area contributed by atoms with Crippen LogP contribution in [0.2, 0.25) is 0 Å². The Labute approximate surface area is 145 Å². The SMILES string of the molecule is C[C@H]1Nc2ncnn2[C@@H](c2cccnc2)[C@H]1C(=O)Nc1ccccc1. The minimum absolute atomic E-state index is 0.0683. The number of carbonyl (C=O) groups excluding carboxylic acids is 1. The number of anilines is 2. The topological polar surface area (TPSA) is 84.7 Å². The third kappa shape index (κ3) is 2.84. The lowest BCUT2D eigenvalue weighted by Crippen LogP contribution is -2.46. The van der Waals surface area contributed by atoms with E-state index in [0.29, 0.717) is 5.95 Å². The number of nitrogens with zero attached hydrogens (tertiary/aromatic N) is 4. The Kier molecular flexibility index (Phi) is 3.89. The van der Waals surface area contributed by atoms with E-state index in [2.05, 4.69) is 25.7 Å². The van der Waals surface area contributed by atoms with Crippen molar-refractivity contribution in [3.05, 3.63) is 66.7 Å². The molecule has 1 aromatic carbocycles. The predicted octanol–water partition coefficient (Wildman–Crippen LogP) is 2.33. The summed E-state index contributed by atoms with van der Waals surface area (Å²) in [6.45, 7) is 1.98. The van der Waals surface area contributed by atoms with Crippen LogP contribution in [0.15, 0.2) is 61.2 Å². The van der Waals surface area contributed by atoms with Crippen LogP contribution in [0.5, 0.6) is 0 Å². The summed E-state index contributed by atoms with van der Waals surface area (Å²) in [7, 11) is 0. The number of hydrogen-bond acceptors (Lipinski definition) is 5. The Morgan fingerprint density at radius 3 is 2.80 bits per heavy atom. The fraction of sp³-hybridized carbons (Fsp3) is 0.222. The molecule has 0 saturated heterocycles. The van der Waals surface area contributed by atoms with E-state index in [1.807, 2.05) is 49.4 Å². The highest BCUT2D eigenvalue weighted by atomic mass is 16.2. The van der Waals surface area contributed by atoms with E-state index in [1.165, 1.54) is 6.33 Å². The highest BCUT2D eigenvalue weighted by Gasteiger charge is 2.41. The second-order valence-electron chi connectivity index (χ2n) is 6.07. The maximum atomic E-state index is 13.1. The molecule has 2 aromatic heterocycles. The van der Waals surface area contributed by atoms with E-state index in [4.69, 9.17) is 0 Å². The van der Waals surface area contributed by atoms with Gasteiger partial charge in [0.25, 0.3) is 0 Å². The van der Waals surface area contributed by atoms with Crippen LogP contribution < -0.4 is 10.6 Å². The molecule has 25 heavy (non-hydrogen) atoms. The number of hydrogen-bond donors (Lipinski definition) is 2. The van der Waals surface area contributed by atoms with Crippen LogP contribution in [0.25, 0.3) is 0 Å². The smallest absolute Gasteiger partial charge is 0.232 e. The van der Waals surface area contributed by atoms with Crippen molar-refractivity contribution in [2.24, 2.45) is 5.92 Å². The lowest BCUT2D eigenvalue weighted by Gasteiger charge is -2.36. The van der Waals surface area contributed by atoms with Crippen molar-refractivity contribution in [1.82, 2.24) is 19.7 Å². The number of aromatic nitrogens is 4. The molecule has 3 heterocycles. The van der Waals surface area contributed by atoms with Gasteiger partial charge in [0.1, 0.15) is 6.33 Å². The van der Waals surface area contributed by atoms with Crippen molar-refractivity contribution in [2.75, 3.05) is 10.6 Å². The normalized spacial score (nSPS) is 21.9. The van der Waals surface area contributed by atoms with Gasteiger partial charge in [-0.1, -0.05) is 24.3 Å². The molecule has 1 aliphatic rings. The van der Waals surface area contributed by atoms with Gasteiger partial charge in [-0.2, -0.15) is 10.1 Å². The summed E-state index contributed by atoms with van der Waals surface area (Å²) in [5.74, 6) is 0.227. The molecule has 126 valence electrons. The summed E-state index contributed by atoms with van der Waals surface area (Å²) >= 11 is 0. The second kappa shape index (κ2) is 6.35. The van der Waals surface area contributed by atoms with E-state index < -0.39 is 0 Å². The van der Waals surface area contributed by atoms with Crippen LogP contribution in [0.1, 0.15) is 18.5 Å². The number of nitrogens with one attached hydrogen (secondary N) is 2. The van der Waals surface area contributed by atoms with Crippen molar-refractivity contribution in [1.29, 1.82) is 0 Å². The summed E-state index contributed by atoms with van der Waals surface area (Å²) in [5.41, 5.74) is 1.70. The van der Waals surface area contributed by atoms with Gasteiger partial charge in [0.05, 0.1) is 12.0 Å². The van der Waals surface area contributed by atoms with E-state index >= 15 is 0 Å². The highest BCUT2D eigenvalue weighted by Crippen LogP contribution is 2.36. The zero-order chi connectivity index (χ0) is 17.2. The van der Waals surface area contributed by atoms with Crippen molar-refractivity contribution in [2.45, 2.75) is 19.0 Å². The highest BCUT2D eigenvalue weighted by molar-refractivity contribution is 5.94. The zero-order valence-electron chi connectivity index (χ0n) is 13.7. The minimum atomic E-state index is -0.362. The Hall–Kier alpha value is -3.22. The third-order valence-electron chi connectivity index (χ3n) is 4.44. The molecule has 0 fully saturated rings. The van der Waals surface area contributed by atoms with Gasteiger partial charge >= 0.3 is 0 Å². The second-order valence-corrected chi connectivity index (χ2v) is 6.07. The number of pyridine rings is 1. The number of fused-ring (bicyclic) bond motifs is 1. The molecule has 1 amide bonds. The Balaban J connectivity index is 1.72. The fourth-order valence-corrected chi connectivity index (χ4v) is 3.29. The predicted molar refractivity (Wildman–Crippen MR) is 94.0 cm³/mol. The number of para-hydroxylation sites is 1. The molecule has 0 radical (unpaired) electrons. The number of benzene rings is 1. The molecule has 7 heteroatoms. The molecular weight excluding hydrogens is 316 g/mol. The molecule has 3 atom stereocenters. The molecule has 0 bridgehead atoms. The van der Waals surface area contributed by atoms with Gasteiger partial charge in [-0.3, -0.25) is 9.78 Å². The van der Waals surface area contributed by atoms with Crippen molar-refractivity contribution in [3.63, 3.8) is 0 Å². The quantitative estimate of drug-likeness (QED) is 0.768. The van der Waals surface area contributed by atoms with Crippen LogP contribution in [-0.4, -0.2) is 31.7 Å². The van der Waals surface area contributed by atoms with Gasteiger partial charge in [-0.05, 0) is 30.7 Å². The molecule has 3 aromatic rings. The monoisotopic (exact) mass is 334 g/mol. The van der Waals surface area contributed by atoms with E-state index in [0.717, 1.165) is 11.3 Å². The van der Waals surface area contributed by atoms with Crippen molar-refractivity contribution >= 4 is 17.5 Å². The van der Waals surface area contributed by atoms with E-state index in [9.17, 15) is 4.79 Å². The van der Waals surface area contributed by atoms with Crippen LogP contribution in [0.3, 0.4) is 0 Å². The fourth-order valence-electron chi connectivity index (χ4n) is 3.29. The standard InChI is InChI=1S/C18H18N6O/c1-12-15(17(25)23-14-7-3-2-4-8-14)16(13-6-5-9-19-10-13)24-18(22-12)20-11-21-24/h2-12,15-16H,1H3,(H,23,25)(H,20,21,22)/t12-,15+,16+/m1/s1. The van der Waals surface area contributed by atoms with E-state index in [1.54, 1.807) is 17.1 Å². The van der Waals surface area contributed by atoms with Crippen molar-refractivity contribution < 1.29 is 4.79 Å². The Morgan fingerprint density at radius 1 is 1.20 bits per heavy atom. The van der Waals surface area contributed by atoms with Gasteiger partial charge < -0.3 is 10.6 Å². The molecule has 0 spiro atoms. The summed E-state index contributed by atoms with van der Waals surface area (Å²) in [4.78, 5) is 21.5. The largest absolute Gasteiger partial charge is 0.351 e. The first-order chi connectivity index (χ1) is 12.2. The Bertz CT molecular complexity index is 864. The lowest BCUT2D eigenvalue weighted by molar-refractivity contribution is -0.121. The van der Waals surface area contributed by atoms with Crippen LogP contribution in [0, 0.1) is 5.92 Å². The molecule has 7 nitrogen and oxygen atoms in total. The van der Waals surface area contributed by atoms with Gasteiger partial charge in [0.2, 0.25) is 11.9 Å². The maximum Gasteiger partial charge on any atom is 0.232 e. The van der Waals surface area contributed by atoms with Crippen LogP contribution in [0.4, 0.5) is 11.6 Å². The molecule has 0 saturated carbocycles. The zero-order valence-corrected chi connectivity index (χ0v) is 13.7. The molecule has 1 aliphatic heterocycles. The van der Waals surface area contributed by atoms with Gasteiger partial charge in [0, 0.05) is 24.1 Å². The minimum Gasteiger partial charge on any atom is -0.351 e. The summed E-state index contributed by atoms with van der Waals surface area (Å²) in [6.07, 6.45) is 4.99. The van der Waals surface area contributed by atoms with Gasteiger partial charge in [0.15, 0.2) is 0 Å². The van der Waals surface area contributed by atoms with Gasteiger partial charge in [-0.25, -0.2) is 4.68 Å². The summed E-state index contributed by atoms with van der Waals surface area (Å²) < 4.78 is 1.76. The van der Waals surface area contributed by atoms with E-state index in [-0.39, 0.29) is 23.9 Å². The summed E-state index contributed by atoms with van der Waals surface area (Å²) in [6, 6.07) is 12.9. The first-order valence-electron chi connectivity index (χ1n) is 8.16. The first-order valence-corrected chi connectivity index (χ1v) is 8.16. The average Bonchev–Trinajstić information content (AvgIpc) is 3.10. The molecule has 2 N–H and O–H groups in total. The summed E-state index contributed by atoms with van der Waals surface area (Å²) in [5, 5.41) is 10.6. The van der Waals surface area contributed by atoms with Crippen molar-refractivity contribution in [3.8, 4) is 0 Å². The molecule has 0 aliphatic carbocycles. The molecule has 4 rings (SSSR count). The first kappa shape index (κ1) is 15.3. The van der Waals surface area contributed by atoms with Crippen LogP contribution >= 0.6 is 0 Å². The lowest BCUT2D eigenvalue weighted by atomic mass is 9.86. The number of amides is 1. The maximum absolute atomic E-state index is 13.1. The van der Waals surface area contributed by atoms with Crippen LogP contribution in [-0.2, 0) is 4.79 Å². The third-order valence-corrected chi connectivity index (χ3v) is 4.44. The van der Waals surface area contributed by atoms with Gasteiger partial charge in [-0.15, -0.1) is 0 Å². The molecular formula is C18H18N6O.